The van der Waals surface area contributed by atoms with Crippen molar-refractivity contribution in [1.29, 1.82) is 0 Å². The van der Waals surface area contributed by atoms with E-state index in [-0.39, 0.29) is 12.3 Å². The van der Waals surface area contributed by atoms with Gasteiger partial charge in [0.15, 0.2) is 6.61 Å². The molecule has 2 aliphatic rings. The van der Waals surface area contributed by atoms with E-state index in [1.807, 2.05) is 12.1 Å². The Labute approximate surface area is 201 Å². The summed E-state index contributed by atoms with van der Waals surface area (Å²) in [6, 6.07) is 13.2. The molecule has 2 saturated heterocycles. The van der Waals surface area contributed by atoms with Gasteiger partial charge in [0.1, 0.15) is 18.0 Å². The number of carbonyl (C=O) groups excluding carboxylic acids is 4. The molecule has 5 amide bonds. The molecule has 2 heterocycles. The summed E-state index contributed by atoms with van der Waals surface area (Å²) in [5, 5.41) is 5.19. The van der Waals surface area contributed by atoms with Crippen molar-refractivity contribution in [3.63, 3.8) is 0 Å². The summed E-state index contributed by atoms with van der Waals surface area (Å²) in [5.74, 6) is -1.26. The molecule has 0 saturated carbocycles. The number of primary amides is 1. The second-order valence-electron chi connectivity index (χ2n) is 7.90. The van der Waals surface area contributed by atoms with Crippen LogP contribution in [-0.4, -0.2) is 68.1 Å². The maximum absolute atomic E-state index is 12.7. The highest BCUT2D eigenvalue weighted by Gasteiger charge is 2.34. The van der Waals surface area contributed by atoms with Gasteiger partial charge in [0, 0.05) is 24.5 Å². The fourth-order valence-electron chi connectivity index (χ4n) is 3.62. The SMILES string of the molecule is NC(=O)COc1ccc(/C=C2\NC(=O)N(CC(=O)Nc3ccc(N4CCOCC4)cc3)C2=O)cc1. The minimum atomic E-state index is -0.680. The molecule has 0 bridgehead atoms. The second kappa shape index (κ2) is 10.7. The number of amides is 5. The largest absolute Gasteiger partial charge is 0.484 e. The summed E-state index contributed by atoms with van der Waals surface area (Å²) in [6.07, 6.45) is 1.49. The Morgan fingerprint density at radius 2 is 1.74 bits per heavy atom. The van der Waals surface area contributed by atoms with E-state index in [0.717, 1.165) is 23.7 Å². The van der Waals surface area contributed by atoms with Gasteiger partial charge in [0.05, 0.1) is 13.2 Å². The Morgan fingerprint density at radius 3 is 2.40 bits per heavy atom. The lowest BCUT2D eigenvalue weighted by Gasteiger charge is -2.28. The molecular formula is C24H25N5O6. The molecule has 2 fully saturated rings. The first kappa shape index (κ1) is 23.8. The zero-order valence-corrected chi connectivity index (χ0v) is 18.9. The smallest absolute Gasteiger partial charge is 0.329 e. The van der Waals surface area contributed by atoms with Crippen molar-refractivity contribution in [2.24, 2.45) is 5.73 Å². The molecule has 182 valence electrons. The number of hydrogen-bond donors (Lipinski definition) is 3. The summed E-state index contributed by atoms with van der Waals surface area (Å²) >= 11 is 0. The first-order valence-corrected chi connectivity index (χ1v) is 11.0. The van der Waals surface area contributed by atoms with Gasteiger partial charge in [-0.05, 0) is 48.0 Å². The van der Waals surface area contributed by atoms with Crippen LogP contribution in [0.2, 0.25) is 0 Å². The van der Waals surface area contributed by atoms with E-state index in [0.29, 0.717) is 30.2 Å². The van der Waals surface area contributed by atoms with Crippen LogP contribution in [-0.2, 0) is 19.1 Å². The van der Waals surface area contributed by atoms with Gasteiger partial charge in [0.25, 0.3) is 11.8 Å². The minimum absolute atomic E-state index is 0.0449. The third-order valence-corrected chi connectivity index (χ3v) is 5.36. The van der Waals surface area contributed by atoms with Gasteiger partial charge >= 0.3 is 6.03 Å². The summed E-state index contributed by atoms with van der Waals surface area (Å²) in [5.41, 5.74) is 7.30. The Hall–Kier alpha value is -4.38. The van der Waals surface area contributed by atoms with Crippen molar-refractivity contribution >= 4 is 41.2 Å². The van der Waals surface area contributed by atoms with E-state index in [4.69, 9.17) is 15.2 Å². The number of hydrogen-bond acceptors (Lipinski definition) is 7. The van der Waals surface area contributed by atoms with Crippen molar-refractivity contribution in [3.05, 3.63) is 59.8 Å². The fourth-order valence-corrected chi connectivity index (χ4v) is 3.62. The number of carbonyl (C=O) groups is 4. The lowest BCUT2D eigenvalue weighted by molar-refractivity contribution is -0.127. The summed E-state index contributed by atoms with van der Waals surface area (Å²) in [6.45, 7) is 2.30. The van der Waals surface area contributed by atoms with Gasteiger partial charge in [-0.3, -0.25) is 14.4 Å². The van der Waals surface area contributed by atoms with Crippen molar-refractivity contribution in [2.45, 2.75) is 0 Å². The number of nitrogens with one attached hydrogen (secondary N) is 2. The lowest BCUT2D eigenvalue weighted by Crippen LogP contribution is -2.38. The number of rotatable bonds is 8. The van der Waals surface area contributed by atoms with Crippen molar-refractivity contribution in [2.75, 3.05) is 49.7 Å². The number of nitrogens with two attached hydrogens (primary N) is 1. The third kappa shape index (κ3) is 6.15. The van der Waals surface area contributed by atoms with Crippen LogP contribution in [0.4, 0.5) is 16.2 Å². The van der Waals surface area contributed by atoms with Crippen LogP contribution in [0.15, 0.2) is 54.2 Å². The molecule has 0 unspecified atom stereocenters. The Bertz CT molecular complexity index is 1140. The molecule has 4 rings (SSSR count). The average molecular weight is 479 g/mol. The van der Waals surface area contributed by atoms with E-state index in [2.05, 4.69) is 15.5 Å². The van der Waals surface area contributed by atoms with Crippen LogP contribution in [0.5, 0.6) is 5.75 Å². The van der Waals surface area contributed by atoms with Gasteiger partial charge in [-0.1, -0.05) is 12.1 Å². The standard InChI is InChI=1S/C24H25N5O6/c25-21(30)15-35-19-7-1-16(2-8-19)13-20-23(32)29(24(33)27-20)14-22(31)26-17-3-5-18(6-4-17)28-9-11-34-12-10-28/h1-8,13H,9-12,14-15H2,(H2,25,30)(H,26,31)(H,27,33)/b20-13-. The van der Waals surface area contributed by atoms with Crippen LogP contribution >= 0.6 is 0 Å². The topological polar surface area (TPSA) is 143 Å². The highest BCUT2D eigenvalue weighted by molar-refractivity contribution is 6.15. The lowest BCUT2D eigenvalue weighted by atomic mass is 10.2. The fraction of sp³-hybridized carbons (Fsp3) is 0.250. The third-order valence-electron chi connectivity index (χ3n) is 5.36. The molecule has 11 nitrogen and oxygen atoms in total. The molecule has 2 aromatic rings. The van der Waals surface area contributed by atoms with Crippen LogP contribution in [0.3, 0.4) is 0 Å². The highest BCUT2D eigenvalue weighted by Crippen LogP contribution is 2.20. The van der Waals surface area contributed by atoms with Crippen molar-refractivity contribution < 1.29 is 28.7 Å². The normalized spacial score (nSPS) is 16.9. The second-order valence-corrected chi connectivity index (χ2v) is 7.90. The maximum Gasteiger partial charge on any atom is 0.329 e. The van der Waals surface area contributed by atoms with E-state index >= 15 is 0 Å². The molecule has 0 radical (unpaired) electrons. The number of anilines is 2. The molecular weight excluding hydrogens is 454 g/mol. The molecule has 35 heavy (non-hydrogen) atoms. The van der Waals surface area contributed by atoms with Gasteiger partial charge in [-0.2, -0.15) is 0 Å². The van der Waals surface area contributed by atoms with Gasteiger partial charge in [-0.25, -0.2) is 9.69 Å². The number of imide groups is 1. The molecule has 4 N–H and O–H groups in total. The van der Waals surface area contributed by atoms with E-state index in [9.17, 15) is 19.2 Å². The summed E-state index contributed by atoms with van der Waals surface area (Å²) in [7, 11) is 0. The molecule has 2 aromatic carbocycles. The Morgan fingerprint density at radius 1 is 1.06 bits per heavy atom. The Balaban J connectivity index is 1.33. The monoisotopic (exact) mass is 479 g/mol. The minimum Gasteiger partial charge on any atom is -0.484 e. The highest BCUT2D eigenvalue weighted by atomic mass is 16.5. The number of nitrogens with zero attached hydrogens (tertiary/aromatic N) is 2. The van der Waals surface area contributed by atoms with Gasteiger partial charge in [0.2, 0.25) is 5.91 Å². The zero-order chi connectivity index (χ0) is 24.8. The predicted octanol–water partition coefficient (Wildman–Crippen LogP) is 0.919. The van der Waals surface area contributed by atoms with Crippen LogP contribution < -0.4 is 26.0 Å². The molecule has 0 aromatic heterocycles. The number of ether oxygens (including phenoxy) is 2. The van der Waals surface area contributed by atoms with Crippen molar-refractivity contribution in [1.82, 2.24) is 10.2 Å². The predicted molar refractivity (Wildman–Crippen MR) is 127 cm³/mol. The molecule has 0 aliphatic carbocycles. The van der Waals surface area contributed by atoms with Crippen LogP contribution in [0, 0.1) is 0 Å². The van der Waals surface area contributed by atoms with E-state index in [1.165, 1.54) is 6.08 Å². The number of morpholine rings is 1. The first-order valence-electron chi connectivity index (χ1n) is 11.0. The number of urea groups is 1. The molecule has 0 atom stereocenters. The maximum atomic E-state index is 12.7. The average Bonchev–Trinajstić information content (AvgIpc) is 3.11. The first-order chi connectivity index (χ1) is 16.9. The molecule has 2 aliphatic heterocycles. The number of benzene rings is 2. The molecule has 0 spiro atoms. The van der Waals surface area contributed by atoms with E-state index in [1.54, 1.807) is 36.4 Å². The van der Waals surface area contributed by atoms with Crippen molar-refractivity contribution in [3.8, 4) is 5.75 Å². The van der Waals surface area contributed by atoms with Gasteiger partial charge in [-0.15, -0.1) is 0 Å². The molecule has 11 heteroatoms. The zero-order valence-electron chi connectivity index (χ0n) is 18.9. The summed E-state index contributed by atoms with van der Waals surface area (Å²) in [4.78, 5) is 51.3. The van der Waals surface area contributed by atoms with Crippen LogP contribution in [0.1, 0.15) is 5.56 Å². The Kier molecular flexibility index (Phi) is 7.27. The summed E-state index contributed by atoms with van der Waals surface area (Å²) < 4.78 is 10.5. The van der Waals surface area contributed by atoms with E-state index < -0.39 is 30.3 Å². The van der Waals surface area contributed by atoms with Crippen LogP contribution in [0.25, 0.3) is 6.08 Å². The quantitative estimate of drug-likeness (QED) is 0.377. The van der Waals surface area contributed by atoms with Gasteiger partial charge < -0.3 is 30.7 Å².